The number of amides is 1. The number of nitrogens with zero attached hydrogens (tertiary/aromatic N) is 5. The molecule has 3 aromatic heterocycles. The van der Waals surface area contributed by atoms with Gasteiger partial charge in [0, 0.05) is 43.1 Å². The second kappa shape index (κ2) is 6.79. The van der Waals surface area contributed by atoms with Crippen LogP contribution in [0.3, 0.4) is 0 Å². The first kappa shape index (κ1) is 17.0. The number of anilines is 1. The highest BCUT2D eigenvalue weighted by Crippen LogP contribution is 2.26. The Hall–Kier alpha value is -4.13. The highest BCUT2D eigenvalue weighted by Gasteiger charge is 2.10. The van der Waals surface area contributed by atoms with Gasteiger partial charge in [0.2, 0.25) is 5.91 Å². The number of fused-ring (bicyclic) bond motifs is 1. The smallest absolute Gasteiger partial charge is 0.221 e. The van der Waals surface area contributed by atoms with E-state index in [0.29, 0.717) is 0 Å². The number of hydrogen-bond acceptors (Lipinski definition) is 3. The lowest BCUT2D eigenvalue weighted by Gasteiger charge is -2.12. The summed E-state index contributed by atoms with van der Waals surface area (Å²) < 4.78 is 5.82. The van der Waals surface area contributed by atoms with Crippen LogP contribution in [0, 0.1) is 0 Å². The third kappa shape index (κ3) is 3.19. The molecule has 5 rings (SSSR count). The molecule has 0 fully saturated rings. The van der Waals surface area contributed by atoms with Crippen molar-refractivity contribution in [1.82, 2.24) is 23.9 Å². The van der Waals surface area contributed by atoms with Crippen LogP contribution in [0.1, 0.15) is 6.92 Å². The minimum atomic E-state index is -0.111. The summed E-state index contributed by atoms with van der Waals surface area (Å²) in [6.45, 7) is 1.51. The molecule has 0 saturated carbocycles. The summed E-state index contributed by atoms with van der Waals surface area (Å²) >= 11 is 0. The molecule has 3 heterocycles. The number of carbonyl (C=O) groups is 1. The predicted octanol–water partition coefficient (Wildman–Crippen LogP) is 3.96. The van der Waals surface area contributed by atoms with Gasteiger partial charge in [0.15, 0.2) is 0 Å². The third-order valence-corrected chi connectivity index (χ3v) is 4.70. The standard InChI is InChI=1S/C22H18N6O/c1-16(29)25-17-11-19(26-8-2-3-9-26)13-20(12-17)27-15-23-21-14-18(5-6-22(21)27)28-10-4-7-24-28/h2-15H,1H3,(H,25,29). The van der Waals surface area contributed by atoms with E-state index in [-0.39, 0.29) is 5.91 Å². The van der Waals surface area contributed by atoms with Crippen LogP contribution >= 0.6 is 0 Å². The summed E-state index contributed by atoms with van der Waals surface area (Å²) in [4.78, 5) is 16.2. The fourth-order valence-corrected chi connectivity index (χ4v) is 3.44. The molecule has 29 heavy (non-hydrogen) atoms. The molecule has 0 atom stereocenters. The predicted molar refractivity (Wildman–Crippen MR) is 112 cm³/mol. The molecule has 1 N–H and O–H groups in total. The van der Waals surface area contributed by atoms with Crippen LogP contribution in [-0.2, 0) is 4.79 Å². The molecule has 0 aliphatic rings. The van der Waals surface area contributed by atoms with E-state index >= 15 is 0 Å². The second-order valence-corrected chi connectivity index (χ2v) is 6.75. The zero-order chi connectivity index (χ0) is 19.8. The van der Waals surface area contributed by atoms with E-state index in [1.165, 1.54) is 6.92 Å². The Balaban J connectivity index is 1.63. The molecule has 0 spiro atoms. The van der Waals surface area contributed by atoms with Gasteiger partial charge in [-0.05, 0) is 54.6 Å². The van der Waals surface area contributed by atoms with Crippen LogP contribution in [-0.4, -0.2) is 29.8 Å². The molecule has 1 amide bonds. The Kier molecular flexibility index (Phi) is 3.98. The van der Waals surface area contributed by atoms with Gasteiger partial charge in [0.1, 0.15) is 6.33 Å². The summed E-state index contributed by atoms with van der Waals surface area (Å²) in [7, 11) is 0. The quantitative estimate of drug-likeness (QED) is 0.511. The number of rotatable bonds is 4. The lowest BCUT2D eigenvalue weighted by molar-refractivity contribution is -0.114. The van der Waals surface area contributed by atoms with E-state index in [1.807, 2.05) is 76.3 Å². The van der Waals surface area contributed by atoms with Crippen molar-refractivity contribution in [2.75, 3.05) is 5.32 Å². The molecule has 7 nitrogen and oxygen atoms in total. The largest absolute Gasteiger partial charge is 0.326 e. The average Bonchev–Trinajstić information content (AvgIpc) is 3.48. The molecule has 5 aromatic rings. The molecule has 0 bridgehead atoms. The van der Waals surface area contributed by atoms with Crippen molar-refractivity contribution in [2.45, 2.75) is 6.92 Å². The van der Waals surface area contributed by atoms with E-state index in [1.54, 1.807) is 17.2 Å². The van der Waals surface area contributed by atoms with Crippen LogP contribution in [0.25, 0.3) is 28.1 Å². The fourth-order valence-electron chi connectivity index (χ4n) is 3.44. The lowest BCUT2D eigenvalue weighted by atomic mass is 10.2. The minimum Gasteiger partial charge on any atom is -0.326 e. The van der Waals surface area contributed by atoms with Crippen LogP contribution in [0.15, 0.2) is 85.7 Å². The first-order chi connectivity index (χ1) is 14.2. The van der Waals surface area contributed by atoms with Crippen LogP contribution in [0.5, 0.6) is 0 Å². The summed E-state index contributed by atoms with van der Waals surface area (Å²) in [5, 5.41) is 7.16. The first-order valence-corrected chi connectivity index (χ1v) is 9.21. The van der Waals surface area contributed by atoms with Crippen LogP contribution in [0.2, 0.25) is 0 Å². The number of imidazole rings is 1. The molecule has 0 aliphatic heterocycles. The molecule has 0 unspecified atom stereocenters. The summed E-state index contributed by atoms with van der Waals surface area (Å²) in [6, 6.07) is 17.8. The first-order valence-electron chi connectivity index (χ1n) is 9.21. The van der Waals surface area contributed by atoms with Gasteiger partial charge >= 0.3 is 0 Å². The Labute approximate surface area is 166 Å². The van der Waals surface area contributed by atoms with Gasteiger partial charge in [-0.1, -0.05) is 0 Å². The number of carbonyl (C=O) groups excluding carboxylic acids is 1. The maximum absolute atomic E-state index is 11.6. The van der Waals surface area contributed by atoms with Gasteiger partial charge in [-0.25, -0.2) is 9.67 Å². The molecule has 0 aliphatic carbocycles. The van der Waals surface area contributed by atoms with Crippen LogP contribution in [0.4, 0.5) is 5.69 Å². The number of hydrogen-bond donors (Lipinski definition) is 1. The van der Waals surface area contributed by atoms with Crippen molar-refractivity contribution in [3.8, 4) is 17.1 Å². The van der Waals surface area contributed by atoms with Gasteiger partial charge in [0.25, 0.3) is 0 Å². The van der Waals surface area contributed by atoms with E-state index in [9.17, 15) is 4.79 Å². The van der Waals surface area contributed by atoms with E-state index in [2.05, 4.69) is 21.5 Å². The second-order valence-electron chi connectivity index (χ2n) is 6.75. The molecular weight excluding hydrogens is 364 g/mol. The number of nitrogens with one attached hydrogen (secondary N) is 1. The van der Waals surface area contributed by atoms with Crippen molar-refractivity contribution < 1.29 is 4.79 Å². The Morgan fingerprint density at radius 3 is 2.52 bits per heavy atom. The van der Waals surface area contributed by atoms with Crippen molar-refractivity contribution >= 4 is 22.6 Å². The molecular formula is C22H18N6O. The van der Waals surface area contributed by atoms with E-state index in [4.69, 9.17) is 0 Å². The third-order valence-electron chi connectivity index (χ3n) is 4.70. The van der Waals surface area contributed by atoms with Crippen molar-refractivity contribution in [2.24, 2.45) is 0 Å². The Morgan fingerprint density at radius 2 is 1.76 bits per heavy atom. The molecule has 142 valence electrons. The SMILES string of the molecule is CC(=O)Nc1cc(-n2cccc2)cc(-n2cnc3cc(-n4cccn4)ccc32)c1. The maximum atomic E-state index is 11.6. The monoisotopic (exact) mass is 382 g/mol. The Morgan fingerprint density at radius 1 is 0.931 bits per heavy atom. The molecule has 0 radical (unpaired) electrons. The van der Waals surface area contributed by atoms with Gasteiger partial charge in [-0.3, -0.25) is 9.36 Å². The topological polar surface area (TPSA) is 69.7 Å². The summed E-state index contributed by atoms with van der Waals surface area (Å²) in [5.74, 6) is -0.111. The summed E-state index contributed by atoms with van der Waals surface area (Å²) in [5.41, 5.74) is 5.38. The van der Waals surface area contributed by atoms with Crippen molar-refractivity contribution in [1.29, 1.82) is 0 Å². The normalized spacial score (nSPS) is 11.1. The van der Waals surface area contributed by atoms with E-state index in [0.717, 1.165) is 33.8 Å². The zero-order valence-electron chi connectivity index (χ0n) is 15.7. The van der Waals surface area contributed by atoms with Crippen molar-refractivity contribution in [3.05, 3.63) is 85.7 Å². The number of benzene rings is 2. The lowest BCUT2D eigenvalue weighted by Crippen LogP contribution is -2.07. The maximum Gasteiger partial charge on any atom is 0.221 e. The van der Waals surface area contributed by atoms with Gasteiger partial charge in [0.05, 0.1) is 22.4 Å². The van der Waals surface area contributed by atoms with Crippen LogP contribution < -0.4 is 5.32 Å². The molecule has 2 aromatic carbocycles. The van der Waals surface area contributed by atoms with Gasteiger partial charge in [-0.15, -0.1) is 0 Å². The van der Waals surface area contributed by atoms with Gasteiger partial charge in [-0.2, -0.15) is 5.10 Å². The minimum absolute atomic E-state index is 0.111. The van der Waals surface area contributed by atoms with Gasteiger partial charge < -0.3 is 9.88 Å². The Bertz CT molecular complexity index is 1300. The van der Waals surface area contributed by atoms with E-state index < -0.39 is 0 Å². The highest BCUT2D eigenvalue weighted by molar-refractivity contribution is 5.89. The van der Waals surface area contributed by atoms with Crippen molar-refractivity contribution in [3.63, 3.8) is 0 Å². The highest BCUT2D eigenvalue weighted by atomic mass is 16.1. The molecule has 0 saturated heterocycles. The average molecular weight is 382 g/mol. The fraction of sp³-hybridized carbons (Fsp3) is 0.0455. The molecule has 7 heteroatoms. The summed E-state index contributed by atoms with van der Waals surface area (Å²) in [6.07, 6.45) is 9.39. The zero-order valence-corrected chi connectivity index (χ0v) is 15.7. The number of aromatic nitrogens is 5.